The summed E-state index contributed by atoms with van der Waals surface area (Å²) in [5.41, 5.74) is -0.287. The Morgan fingerprint density at radius 3 is 2.47 bits per heavy atom. The molecule has 0 bridgehead atoms. The summed E-state index contributed by atoms with van der Waals surface area (Å²) in [5, 5.41) is 14.9. The van der Waals surface area contributed by atoms with Crippen LogP contribution in [0.1, 0.15) is 34.1 Å². The number of hydrogen-bond donors (Lipinski definition) is 3. The second-order valence-corrected chi connectivity index (χ2v) is 4.55. The highest BCUT2D eigenvalue weighted by Crippen LogP contribution is 2.18. The predicted octanol–water partition coefficient (Wildman–Crippen LogP) is 0.509. The van der Waals surface area contributed by atoms with E-state index in [1.807, 2.05) is 20.8 Å². The molecule has 0 rings (SSSR count). The van der Waals surface area contributed by atoms with Crippen molar-refractivity contribution in [2.75, 3.05) is 19.6 Å². The maximum Gasteiger partial charge on any atom is 0.225 e. The van der Waals surface area contributed by atoms with Crippen LogP contribution < -0.4 is 10.6 Å². The molecule has 0 aliphatic carbocycles. The molecule has 0 aromatic heterocycles. The van der Waals surface area contributed by atoms with Crippen molar-refractivity contribution in [2.45, 2.75) is 40.2 Å². The van der Waals surface area contributed by atoms with Gasteiger partial charge in [-0.3, -0.25) is 4.79 Å². The van der Waals surface area contributed by atoms with Gasteiger partial charge in [0.05, 0.1) is 6.10 Å². The molecule has 0 aromatic carbocycles. The average molecular weight is 216 g/mol. The minimum atomic E-state index is -0.340. The smallest absolute Gasteiger partial charge is 0.225 e. The van der Waals surface area contributed by atoms with Crippen molar-refractivity contribution in [1.29, 1.82) is 0 Å². The Bertz CT molecular complexity index is 191. The van der Waals surface area contributed by atoms with Crippen molar-refractivity contribution in [3.05, 3.63) is 0 Å². The maximum atomic E-state index is 11.6. The summed E-state index contributed by atoms with van der Waals surface area (Å²) in [5.74, 6) is 0.0869. The summed E-state index contributed by atoms with van der Waals surface area (Å²) in [6.07, 6.45) is 0.493. The number of amides is 1. The molecule has 0 aliphatic rings. The Balaban J connectivity index is 3.56. The van der Waals surface area contributed by atoms with E-state index in [0.717, 1.165) is 6.42 Å². The highest BCUT2D eigenvalue weighted by molar-refractivity contribution is 5.81. The molecule has 0 saturated carbocycles. The minimum Gasteiger partial charge on any atom is -0.392 e. The summed E-state index contributed by atoms with van der Waals surface area (Å²) in [4.78, 5) is 11.6. The summed E-state index contributed by atoms with van der Waals surface area (Å²) in [7, 11) is 0. The highest BCUT2D eigenvalue weighted by Gasteiger charge is 2.24. The third-order valence-electron chi connectivity index (χ3n) is 2.53. The van der Waals surface area contributed by atoms with Gasteiger partial charge in [0.1, 0.15) is 0 Å². The Morgan fingerprint density at radius 1 is 1.40 bits per heavy atom. The third-order valence-corrected chi connectivity index (χ3v) is 2.53. The molecule has 1 atom stereocenters. The van der Waals surface area contributed by atoms with Crippen LogP contribution in [0.4, 0.5) is 0 Å². The largest absolute Gasteiger partial charge is 0.392 e. The van der Waals surface area contributed by atoms with E-state index in [2.05, 4.69) is 10.6 Å². The van der Waals surface area contributed by atoms with Crippen LogP contribution in [-0.2, 0) is 4.79 Å². The van der Waals surface area contributed by atoms with Crippen molar-refractivity contribution in [3.8, 4) is 0 Å². The van der Waals surface area contributed by atoms with E-state index in [-0.39, 0.29) is 17.4 Å². The quantitative estimate of drug-likeness (QED) is 0.543. The SMILES string of the molecule is CCC(C)(C)C(=O)NCCNCC(C)O. The fraction of sp³-hybridized carbons (Fsp3) is 0.909. The van der Waals surface area contributed by atoms with Gasteiger partial charge >= 0.3 is 0 Å². The molecule has 0 aliphatic heterocycles. The van der Waals surface area contributed by atoms with Gasteiger partial charge in [0.15, 0.2) is 0 Å². The normalized spacial score (nSPS) is 13.7. The van der Waals surface area contributed by atoms with Crippen LogP contribution in [0.3, 0.4) is 0 Å². The number of hydrogen-bond acceptors (Lipinski definition) is 3. The molecule has 1 unspecified atom stereocenters. The zero-order valence-electron chi connectivity index (χ0n) is 10.3. The second-order valence-electron chi connectivity index (χ2n) is 4.55. The lowest BCUT2D eigenvalue weighted by Gasteiger charge is -2.21. The maximum absolute atomic E-state index is 11.6. The molecule has 0 aromatic rings. The molecule has 0 spiro atoms. The van der Waals surface area contributed by atoms with Crippen LogP contribution in [0, 0.1) is 5.41 Å². The van der Waals surface area contributed by atoms with Crippen LogP contribution in [0.2, 0.25) is 0 Å². The first-order valence-electron chi connectivity index (χ1n) is 5.57. The van der Waals surface area contributed by atoms with Gasteiger partial charge in [-0.25, -0.2) is 0 Å². The van der Waals surface area contributed by atoms with Crippen LogP contribution in [0.15, 0.2) is 0 Å². The fourth-order valence-corrected chi connectivity index (χ4v) is 0.975. The predicted molar refractivity (Wildman–Crippen MR) is 61.6 cm³/mol. The molecule has 4 heteroatoms. The zero-order valence-corrected chi connectivity index (χ0v) is 10.3. The summed E-state index contributed by atoms with van der Waals surface area (Å²) >= 11 is 0. The molecule has 4 nitrogen and oxygen atoms in total. The van der Waals surface area contributed by atoms with E-state index < -0.39 is 0 Å². The lowest BCUT2D eigenvalue weighted by Crippen LogP contribution is -2.40. The Labute approximate surface area is 92.4 Å². The fourth-order valence-electron chi connectivity index (χ4n) is 0.975. The molecule has 0 fully saturated rings. The molecule has 3 N–H and O–H groups in total. The molecule has 1 amide bonds. The minimum absolute atomic E-state index is 0.0869. The van der Waals surface area contributed by atoms with Gasteiger partial charge in [0, 0.05) is 25.0 Å². The van der Waals surface area contributed by atoms with Crippen LogP contribution in [0.25, 0.3) is 0 Å². The van der Waals surface area contributed by atoms with Crippen molar-refractivity contribution in [3.63, 3.8) is 0 Å². The number of nitrogens with one attached hydrogen (secondary N) is 2. The van der Waals surface area contributed by atoms with Crippen LogP contribution in [-0.4, -0.2) is 36.8 Å². The van der Waals surface area contributed by atoms with E-state index >= 15 is 0 Å². The lowest BCUT2D eigenvalue weighted by atomic mass is 9.89. The number of carbonyl (C=O) groups is 1. The van der Waals surface area contributed by atoms with E-state index in [4.69, 9.17) is 5.11 Å². The zero-order chi connectivity index (χ0) is 11.9. The molecule has 90 valence electrons. The summed E-state index contributed by atoms with van der Waals surface area (Å²) in [6, 6.07) is 0. The molecule has 0 saturated heterocycles. The number of aliphatic hydroxyl groups excluding tert-OH is 1. The van der Waals surface area contributed by atoms with Gasteiger partial charge in [-0.05, 0) is 13.3 Å². The molecular weight excluding hydrogens is 192 g/mol. The third kappa shape index (κ3) is 6.47. The van der Waals surface area contributed by atoms with Gasteiger partial charge < -0.3 is 15.7 Å². The van der Waals surface area contributed by atoms with Crippen LogP contribution >= 0.6 is 0 Å². The van der Waals surface area contributed by atoms with Crippen molar-refractivity contribution in [2.24, 2.45) is 5.41 Å². The van der Waals surface area contributed by atoms with Crippen molar-refractivity contribution in [1.82, 2.24) is 10.6 Å². The van der Waals surface area contributed by atoms with Crippen molar-refractivity contribution >= 4 is 5.91 Å². The molecule has 0 heterocycles. The van der Waals surface area contributed by atoms with Gasteiger partial charge in [0.2, 0.25) is 5.91 Å². The van der Waals surface area contributed by atoms with Gasteiger partial charge in [0.25, 0.3) is 0 Å². The Morgan fingerprint density at radius 2 is 2.00 bits per heavy atom. The molecule has 0 radical (unpaired) electrons. The Hall–Kier alpha value is -0.610. The number of aliphatic hydroxyl groups is 1. The first-order valence-corrected chi connectivity index (χ1v) is 5.57. The standard InChI is InChI=1S/C11H24N2O2/c1-5-11(3,4)10(15)13-7-6-12-8-9(2)14/h9,12,14H,5-8H2,1-4H3,(H,13,15). The second kappa shape index (κ2) is 6.80. The average Bonchev–Trinajstić information content (AvgIpc) is 2.16. The number of rotatable bonds is 7. The van der Waals surface area contributed by atoms with Gasteiger partial charge in [-0.1, -0.05) is 20.8 Å². The summed E-state index contributed by atoms with van der Waals surface area (Å²) in [6.45, 7) is 9.46. The van der Waals surface area contributed by atoms with E-state index in [0.29, 0.717) is 19.6 Å². The first kappa shape index (κ1) is 14.4. The van der Waals surface area contributed by atoms with E-state index in [9.17, 15) is 4.79 Å². The number of carbonyl (C=O) groups excluding carboxylic acids is 1. The highest BCUT2D eigenvalue weighted by atomic mass is 16.3. The topological polar surface area (TPSA) is 61.4 Å². The van der Waals surface area contributed by atoms with Gasteiger partial charge in [-0.2, -0.15) is 0 Å². The molecular formula is C11H24N2O2. The Kier molecular flexibility index (Phi) is 6.52. The first-order chi connectivity index (χ1) is 6.90. The molecule has 15 heavy (non-hydrogen) atoms. The van der Waals surface area contributed by atoms with E-state index in [1.54, 1.807) is 6.92 Å². The lowest BCUT2D eigenvalue weighted by molar-refractivity contribution is -0.129. The van der Waals surface area contributed by atoms with Crippen molar-refractivity contribution < 1.29 is 9.90 Å². The van der Waals surface area contributed by atoms with Crippen LogP contribution in [0.5, 0.6) is 0 Å². The summed E-state index contributed by atoms with van der Waals surface area (Å²) < 4.78 is 0. The monoisotopic (exact) mass is 216 g/mol. The van der Waals surface area contributed by atoms with E-state index in [1.165, 1.54) is 0 Å². The van der Waals surface area contributed by atoms with Gasteiger partial charge in [-0.15, -0.1) is 0 Å².